The third kappa shape index (κ3) is 2.01. The van der Waals surface area contributed by atoms with Crippen molar-refractivity contribution in [2.45, 2.75) is 32.2 Å². The molecule has 2 rings (SSSR count). The van der Waals surface area contributed by atoms with Gasteiger partial charge < -0.3 is 10.2 Å². The number of rotatable bonds is 2. The third-order valence-corrected chi connectivity index (χ3v) is 3.34. The first-order valence-electron chi connectivity index (χ1n) is 5.58. The Hall–Kier alpha value is -0.760. The highest BCUT2D eigenvalue weighted by Gasteiger charge is 2.22. The summed E-state index contributed by atoms with van der Waals surface area (Å²) in [6.07, 6.45) is 8.34. The van der Waals surface area contributed by atoms with E-state index in [0.29, 0.717) is 6.04 Å². The Morgan fingerprint density at radius 2 is 2.21 bits per heavy atom. The summed E-state index contributed by atoms with van der Waals surface area (Å²) in [5.74, 6) is 0. The quantitative estimate of drug-likeness (QED) is 0.719. The second-order valence-corrected chi connectivity index (χ2v) is 4.39. The van der Waals surface area contributed by atoms with E-state index >= 15 is 0 Å². The molecule has 0 saturated carbocycles. The van der Waals surface area contributed by atoms with Crippen LogP contribution in [0.5, 0.6) is 0 Å². The lowest BCUT2D eigenvalue weighted by Crippen LogP contribution is -2.29. The molecule has 0 radical (unpaired) electrons. The van der Waals surface area contributed by atoms with Gasteiger partial charge in [-0.05, 0) is 39.3 Å². The first-order valence-corrected chi connectivity index (χ1v) is 5.58. The van der Waals surface area contributed by atoms with E-state index in [4.69, 9.17) is 0 Å². The molecular formula is C12H20N2. The first-order chi connectivity index (χ1) is 6.79. The summed E-state index contributed by atoms with van der Waals surface area (Å²) in [5.41, 5.74) is 3.05. The molecule has 2 aliphatic rings. The predicted octanol–water partition coefficient (Wildman–Crippen LogP) is 1.90. The molecule has 0 spiro atoms. The SMILES string of the molecule is CN[C@H]1CCN(C2=CC=C(C)CC2)C1. The van der Waals surface area contributed by atoms with Gasteiger partial charge >= 0.3 is 0 Å². The fraction of sp³-hybridized carbons (Fsp3) is 0.667. The average molecular weight is 192 g/mol. The topological polar surface area (TPSA) is 15.3 Å². The number of likely N-dealkylation sites (tertiary alicyclic amines) is 1. The van der Waals surface area contributed by atoms with E-state index in [9.17, 15) is 0 Å². The third-order valence-electron chi connectivity index (χ3n) is 3.34. The van der Waals surface area contributed by atoms with Gasteiger partial charge in [0.05, 0.1) is 0 Å². The van der Waals surface area contributed by atoms with Crippen LogP contribution in [-0.4, -0.2) is 31.1 Å². The van der Waals surface area contributed by atoms with Crippen molar-refractivity contribution >= 4 is 0 Å². The fourth-order valence-electron chi connectivity index (χ4n) is 2.25. The Bertz CT molecular complexity index is 265. The van der Waals surface area contributed by atoms with Crippen molar-refractivity contribution in [1.29, 1.82) is 0 Å². The monoisotopic (exact) mass is 192 g/mol. The van der Waals surface area contributed by atoms with E-state index < -0.39 is 0 Å². The molecule has 0 bridgehead atoms. The summed E-state index contributed by atoms with van der Waals surface area (Å²) in [4.78, 5) is 2.53. The summed E-state index contributed by atoms with van der Waals surface area (Å²) in [6.45, 7) is 4.63. The highest BCUT2D eigenvalue weighted by molar-refractivity contribution is 5.22. The number of likely N-dealkylation sites (N-methyl/N-ethyl adjacent to an activating group) is 1. The van der Waals surface area contributed by atoms with Crippen LogP contribution in [0, 0.1) is 0 Å². The van der Waals surface area contributed by atoms with Crippen molar-refractivity contribution in [1.82, 2.24) is 10.2 Å². The van der Waals surface area contributed by atoms with Gasteiger partial charge in [-0.2, -0.15) is 0 Å². The molecule has 2 nitrogen and oxygen atoms in total. The molecule has 14 heavy (non-hydrogen) atoms. The maximum Gasteiger partial charge on any atom is 0.0329 e. The average Bonchev–Trinajstić information content (AvgIpc) is 2.67. The van der Waals surface area contributed by atoms with Gasteiger partial charge in [-0.15, -0.1) is 0 Å². The largest absolute Gasteiger partial charge is 0.373 e. The second kappa shape index (κ2) is 4.18. The van der Waals surface area contributed by atoms with E-state index in [1.807, 2.05) is 0 Å². The summed E-state index contributed by atoms with van der Waals surface area (Å²) >= 11 is 0. The van der Waals surface area contributed by atoms with Crippen LogP contribution in [-0.2, 0) is 0 Å². The Morgan fingerprint density at radius 1 is 1.36 bits per heavy atom. The zero-order chi connectivity index (χ0) is 9.97. The number of hydrogen-bond donors (Lipinski definition) is 1. The molecule has 0 amide bonds. The minimum absolute atomic E-state index is 0.697. The molecule has 0 aromatic rings. The molecule has 1 saturated heterocycles. The van der Waals surface area contributed by atoms with Crippen molar-refractivity contribution in [2.75, 3.05) is 20.1 Å². The van der Waals surface area contributed by atoms with E-state index in [1.165, 1.54) is 43.6 Å². The lowest BCUT2D eigenvalue weighted by molar-refractivity contribution is 0.394. The predicted molar refractivity (Wildman–Crippen MR) is 60.1 cm³/mol. The van der Waals surface area contributed by atoms with Gasteiger partial charge in [0.1, 0.15) is 0 Å². The minimum atomic E-state index is 0.697. The van der Waals surface area contributed by atoms with Crippen LogP contribution in [0.3, 0.4) is 0 Å². The van der Waals surface area contributed by atoms with Gasteiger partial charge in [0.2, 0.25) is 0 Å². The van der Waals surface area contributed by atoms with Crippen LogP contribution >= 0.6 is 0 Å². The van der Waals surface area contributed by atoms with Gasteiger partial charge in [0.25, 0.3) is 0 Å². The summed E-state index contributed by atoms with van der Waals surface area (Å²) in [5, 5.41) is 3.36. The first kappa shape index (κ1) is 9.78. The van der Waals surface area contributed by atoms with E-state index in [1.54, 1.807) is 0 Å². The maximum absolute atomic E-state index is 3.36. The Labute approximate surface area is 86.7 Å². The lowest BCUT2D eigenvalue weighted by atomic mass is 10.0. The standard InChI is InChI=1S/C12H20N2/c1-10-3-5-12(6-4-10)14-8-7-11(9-14)13-2/h3,5,11,13H,4,6-9H2,1-2H3/t11-/m0/s1. The van der Waals surface area contributed by atoms with Crippen LogP contribution in [0.1, 0.15) is 26.2 Å². The van der Waals surface area contributed by atoms with Crippen molar-refractivity contribution in [3.8, 4) is 0 Å². The van der Waals surface area contributed by atoms with Gasteiger partial charge in [0.15, 0.2) is 0 Å². The van der Waals surface area contributed by atoms with Gasteiger partial charge in [-0.1, -0.05) is 11.6 Å². The van der Waals surface area contributed by atoms with E-state index in [2.05, 4.69) is 36.3 Å². The molecular weight excluding hydrogens is 172 g/mol. The van der Waals surface area contributed by atoms with Crippen LogP contribution < -0.4 is 5.32 Å². The molecule has 2 heteroatoms. The number of nitrogens with one attached hydrogen (secondary N) is 1. The molecule has 1 fully saturated rings. The van der Waals surface area contributed by atoms with Crippen molar-refractivity contribution in [3.63, 3.8) is 0 Å². The molecule has 1 N–H and O–H groups in total. The number of allylic oxidation sites excluding steroid dienone is 4. The van der Waals surface area contributed by atoms with E-state index in [0.717, 1.165) is 0 Å². The zero-order valence-electron chi connectivity index (χ0n) is 9.21. The maximum atomic E-state index is 3.36. The molecule has 1 aliphatic carbocycles. The number of nitrogens with zero attached hydrogens (tertiary/aromatic N) is 1. The van der Waals surface area contributed by atoms with Crippen LogP contribution in [0.4, 0.5) is 0 Å². The highest BCUT2D eigenvalue weighted by atomic mass is 15.2. The Kier molecular flexibility index (Phi) is 2.92. The Balaban J connectivity index is 1.97. The molecule has 0 aromatic heterocycles. The summed E-state index contributed by atoms with van der Waals surface area (Å²) < 4.78 is 0. The van der Waals surface area contributed by atoms with Crippen molar-refractivity contribution in [2.24, 2.45) is 0 Å². The Morgan fingerprint density at radius 3 is 2.79 bits per heavy atom. The second-order valence-electron chi connectivity index (χ2n) is 4.39. The van der Waals surface area contributed by atoms with Gasteiger partial charge in [-0.3, -0.25) is 0 Å². The van der Waals surface area contributed by atoms with Gasteiger partial charge in [0, 0.05) is 24.8 Å². The molecule has 0 unspecified atom stereocenters. The normalized spacial score (nSPS) is 27.6. The van der Waals surface area contributed by atoms with Crippen molar-refractivity contribution < 1.29 is 0 Å². The molecule has 1 atom stereocenters. The summed E-state index contributed by atoms with van der Waals surface area (Å²) in [7, 11) is 2.06. The molecule has 0 aromatic carbocycles. The minimum Gasteiger partial charge on any atom is -0.373 e. The highest BCUT2D eigenvalue weighted by Crippen LogP contribution is 2.24. The van der Waals surface area contributed by atoms with Crippen LogP contribution in [0.25, 0.3) is 0 Å². The van der Waals surface area contributed by atoms with Crippen LogP contribution in [0.2, 0.25) is 0 Å². The van der Waals surface area contributed by atoms with Crippen molar-refractivity contribution in [3.05, 3.63) is 23.4 Å². The molecule has 1 aliphatic heterocycles. The fourth-order valence-corrected chi connectivity index (χ4v) is 2.25. The van der Waals surface area contributed by atoms with E-state index in [-0.39, 0.29) is 0 Å². The smallest absolute Gasteiger partial charge is 0.0329 e. The van der Waals surface area contributed by atoms with Crippen LogP contribution in [0.15, 0.2) is 23.4 Å². The number of hydrogen-bond acceptors (Lipinski definition) is 2. The van der Waals surface area contributed by atoms with Gasteiger partial charge in [-0.25, -0.2) is 0 Å². The lowest BCUT2D eigenvalue weighted by Gasteiger charge is -2.24. The summed E-state index contributed by atoms with van der Waals surface area (Å²) in [6, 6.07) is 0.697. The molecule has 78 valence electrons. The molecule has 1 heterocycles. The zero-order valence-corrected chi connectivity index (χ0v) is 9.21.